The van der Waals surface area contributed by atoms with Crippen molar-refractivity contribution >= 4 is 11.9 Å². The number of aliphatic hydroxyl groups is 1. The second-order valence-corrected chi connectivity index (χ2v) is 5.49. The molecule has 0 atom stereocenters. The highest BCUT2D eigenvalue weighted by molar-refractivity contribution is 5.37. The lowest BCUT2D eigenvalue weighted by Gasteiger charge is -2.23. The molecule has 8 nitrogen and oxygen atoms in total. The molecule has 0 bridgehead atoms. The largest absolute Gasteiger partial charge is 0.396 e. The van der Waals surface area contributed by atoms with E-state index in [9.17, 15) is 0 Å². The lowest BCUT2D eigenvalue weighted by molar-refractivity contribution is 0.220. The van der Waals surface area contributed by atoms with E-state index in [0.717, 1.165) is 0 Å². The van der Waals surface area contributed by atoms with Crippen LogP contribution in [0.1, 0.15) is 20.3 Å². The summed E-state index contributed by atoms with van der Waals surface area (Å²) < 4.78 is 1.71. The number of nitrogens with zero attached hydrogens (tertiary/aromatic N) is 5. The summed E-state index contributed by atoms with van der Waals surface area (Å²) >= 11 is 0. The van der Waals surface area contributed by atoms with E-state index in [2.05, 4.69) is 44.4 Å². The van der Waals surface area contributed by atoms with E-state index in [1.807, 2.05) is 0 Å². The Morgan fingerprint density at radius 3 is 2.62 bits per heavy atom. The van der Waals surface area contributed by atoms with Crippen LogP contribution in [0.15, 0.2) is 18.7 Å². The van der Waals surface area contributed by atoms with E-state index in [-0.39, 0.29) is 12.0 Å². The number of aromatic nitrogens is 5. The highest BCUT2D eigenvalue weighted by Crippen LogP contribution is 2.20. The van der Waals surface area contributed by atoms with Gasteiger partial charge in [0.1, 0.15) is 6.33 Å². The minimum atomic E-state index is -0.0453. The fraction of sp³-hybridized carbons (Fsp3) is 0.538. The molecule has 0 radical (unpaired) electrons. The lowest BCUT2D eigenvalue weighted by atomic mass is 9.90. The van der Waals surface area contributed by atoms with Gasteiger partial charge < -0.3 is 15.7 Å². The molecule has 114 valence electrons. The van der Waals surface area contributed by atoms with Crippen LogP contribution in [0.25, 0.3) is 5.95 Å². The summed E-state index contributed by atoms with van der Waals surface area (Å²) in [7, 11) is 1.76. The molecule has 0 saturated heterocycles. The number of rotatable bonds is 7. The summed E-state index contributed by atoms with van der Waals surface area (Å²) in [5, 5.41) is 15.2. The van der Waals surface area contributed by atoms with E-state index in [1.54, 1.807) is 30.3 Å². The molecule has 0 saturated carbocycles. The third-order valence-electron chi connectivity index (χ3n) is 3.10. The standard InChI is InChI=1S/C13H21N7O/c1-13(2,4-7-21)8-16-11-17-10(14-3)18-12(19-11)20-6-5-15-9-20/h5-6,9,21H,4,7-8H2,1-3H3,(H2,14,16,17,18,19). The SMILES string of the molecule is CNc1nc(NCC(C)(C)CCO)nc(-n2ccnc2)n1. The van der Waals surface area contributed by atoms with Gasteiger partial charge in [0.25, 0.3) is 0 Å². The van der Waals surface area contributed by atoms with Gasteiger partial charge in [-0.05, 0) is 11.8 Å². The zero-order chi connectivity index (χ0) is 15.3. The van der Waals surface area contributed by atoms with Crippen molar-refractivity contribution in [3.05, 3.63) is 18.7 Å². The van der Waals surface area contributed by atoms with Crippen LogP contribution in [0.2, 0.25) is 0 Å². The van der Waals surface area contributed by atoms with Crippen LogP contribution >= 0.6 is 0 Å². The van der Waals surface area contributed by atoms with Crippen LogP contribution < -0.4 is 10.6 Å². The van der Waals surface area contributed by atoms with Gasteiger partial charge >= 0.3 is 0 Å². The molecule has 0 aliphatic carbocycles. The second kappa shape index (κ2) is 6.49. The Kier molecular flexibility index (Phi) is 4.69. The van der Waals surface area contributed by atoms with E-state index in [1.165, 1.54) is 0 Å². The third-order valence-corrected chi connectivity index (χ3v) is 3.10. The van der Waals surface area contributed by atoms with Crippen molar-refractivity contribution in [2.45, 2.75) is 20.3 Å². The van der Waals surface area contributed by atoms with Crippen LogP contribution in [0, 0.1) is 5.41 Å². The van der Waals surface area contributed by atoms with Gasteiger partial charge in [-0.2, -0.15) is 15.0 Å². The van der Waals surface area contributed by atoms with Gasteiger partial charge in [-0.25, -0.2) is 4.98 Å². The van der Waals surface area contributed by atoms with E-state index >= 15 is 0 Å². The summed E-state index contributed by atoms with van der Waals surface area (Å²) in [5.41, 5.74) is -0.0453. The van der Waals surface area contributed by atoms with Crippen LogP contribution in [-0.4, -0.2) is 49.8 Å². The number of hydrogen-bond donors (Lipinski definition) is 3. The molecule has 0 fully saturated rings. The van der Waals surface area contributed by atoms with Crippen LogP contribution in [0.4, 0.5) is 11.9 Å². The number of nitrogens with one attached hydrogen (secondary N) is 2. The number of aliphatic hydroxyl groups excluding tert-OH is 1. The lowest BCUT2D eigenvalue weighted by Crippen LogP contribution is -2.25. The number of hydrogen-bond acceptors (Lipinski definition) is 7. The van der Waals surface area contributed by atoms with Gasteiger partial charge in [0.05, 0.1) is 0 Å². The molecule has 3 N–H and O–H groups in total. The van der Waals surface area contributed by atoms with E-state index < -0.39 is 0 Å². The first-order chi connectivity index (χ1) is 10.0. The van der Waals surface area contributed by atoms with Crippen molar-refractivity contribution in [1.29, 1.82) is 0 Å². The molecular weight excluding hydrogens is 270 g/mol. The molecule has 2 aromatic rings. The summed E-state index contributed by atoms with van der Waals surface area (Å²) in [6.45, 7) is 4.97. The Balaban J connectivity index is 2.18. The molecule has 2 heterocycles. The number of anilines is 2. The smallest absolute Gasteiger partial charge is 0.241 e. The van der Waals surface area contributed by atoms with Crippen molar-refractivity contribution in [2.75, 3.05) is 30.8 Å². The van der Waals surface area contributed by atoms with Gasteiger partial charge in [0, 0.05) is 32.6 Å². The maximum absolute atomic E-state index is 9.06. The first-order valence-corrected chi connectivity index (χ1v) is 6.81. The Hall–Kier alpha value is -2.22. The van der Waals surface area contributed by atoms with Crippen molar-refractivity contribution in [3.63, 3.8) is 0 Å². The Morgan fingerprint density at radius 2 is 2.00 bits per heavy atom. The van der Waals surface area contributed by atoms with Crippen molar-refractivity contribution in [3.8, 4) is 5.95 Å². The molecule has 0 unspecified atom stereocenters. The van der Waals surface area contributed by atoms with Gasteiger partial charge in [0.15, 0.2) is 0 Å². The fourth-order valence-corrected chi connectivity index (χ4v) is 1.76. The highest BCUT2D eigenvalue weighted by Gasteiger charge is 2.18. The molecular formula is C13H21N7O. The Morgan fingerprint density at radius 1 is 1.24 bits per heavy atom. The topological polar surface area (TPSA) is 101 Å². The molecule has 2 rings (SSSR count). The minimum absolute atomic E-state index is 0.0453. The van der Waals surface area contributed by atoms with Crippen LogP contribution in [-0.2, 0) is 0 Å². The summed E-state index contributed by atoms with van der Waals surface area (Å²) in [6, 6.07) is 0. The monoisotopic (exact) mass is 291 g/mol. The van der Waals surface area contributed by atoms with E-state index in [4.69, 9.17) is 5.11 Å². The molecule has 0 aliphatic heterocycles. The molecule has 0 aliphatic rings. The normalized spacial score (nSPS) is 11.4. The van der Waals surface area contributed by atoms with Crippen molar-refractivity contribution in [2.24, 2.45) is 5.41 Å². The van der Waals surface area contributed by atoms with Gasteiger partial charge in [-0.3, -0.25) is 4.57 Å². The van der Waals surface area contributed by atoms with E-state index in [0.29, 0.717) is 30.8 Å². The zero-order valence-electron chi connectivity index (χ0n) is 12.5. The first-order valence-electron chi connectivity index (χ1n) is 6.81. The summed E-state index contributed by atoms with van der Waals surface area (Å²) in [4.78, 5) is 16.9. The molecule has 8 heteroatoms. The number of imidazole rings is 1. The first kappa shape index (κ1) is 15.2. The summed E-state index contributed by atoms with van der Waals surface area (Å²) in [5.74, 6) is 1.47. The maximum Gasteiger partial charge on any atom is 0.241 e. The van der Waals surface area contributed by atoms with Crippen molar-refractivity contribution < 1.29 is 5.11 Å². The van der Waals surface area contributed by atoms with Gasteiger partial charge in [-0.15, -0.1) is 0 Å². The second-order valence-electron chi connectivity index (χ2n) is 5.49. The third kappa shape index (κ3) is 4.12. The molecule has 21 heavy (non-hydrogen) atoms. The molecule has 0 amide bonds. The summed E-state index contributed by atoms with van der Waals surface area (Å²) in [6.07, 6.45) is 5.78. The molecule has 0 aromatic carbocycles. The Labute approximate surface area is 123 Å². The quantitative estimate of drug-likeness (QED) is 0.697. The van der Waals surface area contributed by atoms with Gasteiger partial charge in [-0.1, -0.05) is 13.8 Å². The average molecular weight is 291 g/mol. The Bertz CT molecular complexity index is 568. The fourth-order valence-electron chi connectivity index (χ4n) is 1.76. The van der Waals surface area contributed by atoms with Gasteiger partial charge in [0.2, 0.25) is 17.8 Å². The highest BCUT2D eigenvalue weighted by atomic mass is 16.3. The molecule has 2 aromatic heterocycles. The van der Waals surface area contributed by atoms with Crippen molar-refractivity contribution in [1.82, 2.24) is 24.5 Å². The minimum Gasteiger partial charge on any atom is -0.396 e. The zero-order valence-corrected chi connectivity index (χ0v) is 12.5. The average Bonchev–Trinajstić information content (AvgIpc) is 2.99. The predicted molar refractivity (Wildman–Crippen MR) is 80.5 cm³/mol. The van der Waals surface area contributed by atoms with Crippen LogP contribution in [0.5, 0.6) is 0 Å². The maximum atomic E-state index is 9.06. The molecule has 0 spiro atoms. The van der Waals surface area contributed by atoms with Crippen LogP contribution in [0.3, 0.4) is 0 Å². The predicted octanol–water partition coefficient (Wildman–Crippen LogP) is 0.919.